The highest BCUT2D eigenvalue weighted by molar-refractivity contribution is 6.32. The third kappa shape index (κ3) is 6.53. The molecular formula is C22H18Cl2N4O3. The van der Waals surface area contributed by atoms with Gasteiger partial charge in [-0.15, -0.1) is 0 Å². The largest absolute Gasteiger partial charge is 0.488 e. The van der Waals surface area contributed by atoms with E-state index >= 15 is 0 Å². The molecule has 0 saturated heterocycles. The fourth-order valence-electron chi connectivity index (χ4n) is 2.51. The summed E-state index contributed by atoms with van der Waals surface area (Å²) in [6.07, 6.45) is 2.93. The summed E-state index contributed by atoms with van der Waals surface area (Å²) in [5.74, 6) is -0.422. The van der Waals surface area contributed by atoms with Gasteiger partial charge in [-0.2, -0.15) is 5.10 Å². The molecule has 2 N–H and O–H groups in total. The number of halogens is 2. The van der Waals surface area contributed by atoms with E-state index in [4.69, 9.17) is 27.9 Å². The van der Waals surface area contributed by atoms with Gasteiger partial charge >= 0.3 is 0 Å². The monoisotopic (exact) mass is 456 g/mol. The molecule has 3 rings (SSSR count). The van der Waals surface area contributed by atoms with E-state index in [-0.39, 0.29) is 17.3 Å². The van der Waals surface area contributed by atoms with Crippen molar-refractivity contribution in [2.24, 2.45) is 5.10 Å². The van der Waals surface area contributed by atoms with Crippen LogP contribution in [0.2, 0.25) is 10.2 Å². The number of benzene rings is 2. The maximum Gasteiger partial charge on any atom is 0.259 e. The fourth-order valence-corrected chi connectivity index (χ4v) is 2.91. The highest BCUT2D eigenvalue weighted by Crippen LogP contribution is 2.20. The smallest absolute Gasteiger partial charge is 0.259 e. The van der Waals surface area contributed by atoms with E-state index in [9.17, 15) is 9.59 Å². The molecular weight excluding hydrogens is 439 g/mol. The van der Waals surface area contributed by atoms with Gasteiger partial charge in [-0.1, -0.05) is 53.5 Å². The Morgan fingerprint density at radius 1 is 1.03 bits per heavy atom. The van der Waals surface area contributed by atoms with E-state index in [1.165, 1.54) is 18.5 Å². The summed E-state index contributed by atoms with van der Waals surface area (Å²) in [4.78, 5) is 27.8. The number of hydrogen-bond donors (Lipinski definition) is 2. The van der Waals surface area contributed by atoms with E-state index in [0.29, 0.717) is 22.9 Å². The number of aromatic nitrogens is 1. The molecule has 9 heteroatoms. The normalized spacial score (nSPS) is 10.6. The van der Waals surface area contributed by atoms with Crippen LogP contribution in [0, 0.1) is 0 Å². The van der Waals surface area contributed by atoms with Crippen molar-refractivity contribution in [3.8, 4) is 5.75 Å². The number of nitrogens with zero attached hydrogens (tertiary/aromatic N) is 2. The van der Waals surface area contributed by atoms with Crippen molar-refractivity contribution >= 4 is 41.2 Å². The molecule has 158 valence electrons. The van der Waals surface area contributed by atoms with Crippen LogP contribution in [0.4, 0.5) is 0 Å². The third-order valence-electron chi connectivity index (χ3n) is 4.07. The average Bonchev–Trinajstić information content (AvgIpc) is 2.78. The Morgan fingerprint density at radius 2 is 1.81 bits per heavy atom. The second-order valence-electron chi connectivity index (χ2n) is 6.24. The summed E-state index contributed by atoms with van der Waals surface area (Å²) < 4.78 is 5.84. The SMILES string of the molecule is O=C(CNC(=O)c1cccnc1Cl)N/N=C/c1ccccc1OCc1ccccc1Cl. The van der Waals surface area contributed by atoms with Crippen LogP contribution in [0.1, 0.15) is 21.5 Å². The molecule has 3 aromatic rings. The molecule has 1 heterocycles. The third-order valence-corrected chi connectivity index (χ3v) is 4.74. The van der Waals surface area contributed by atoms with E-state index in [1.54, 1.807) is 24.3 Å². The van der Waals surface area contributed by atoms with Gasteiger partial charge in [0.25, 0.3) is 11.8 Å². The molecule has 0 aliphatic rings. The van der Waals surface area contributed by atoms with Crippen LogP contribution in [-0.2, 0) is 11.4 Å². The van der Waals surface area contributed by atoms with Crippen molar-refractivity contribution < 1.29 is 14.3 Å². The average molecular weight is 457 g/mol. The molecule has 0 aliphatic carbocycles. The molecule has 2 amide bonds. The Labute approximate surface area is 189 Å². The number of carbonyl (C=O) groups excluding carboxylic acids is 2. The predicted octanol–water partition coefficient (Wildman–Crippen LogP) is 3.85. The van der Waals surface area contributed by atoms with Crippen molar-refractivity contribution in [1.82, 2.24) is 15.7 Å². The molecule has 7 nitrogen and oxygen atoms in total. The van der Waals surface area contributed by atoms with Gasteiger partial charge in [-0.25, -0.2) is 10.4 Å². The van der Waals surface area contributed by atoms with Crippen LogP contribution < -0.4 is 15.5 Å². The summed E-state index contributed by atoms with van der Waals surface area (Å²) in [5, 5.41) is 7.06. The van der Waals surface area contributed by atoms with Crippen molar-refractivity contribution in [2.75, 3.05) is 6.54 Å². The van der Waals surface area contributed by atoms with E-state index in [0.717, 1.165) is 5.56 Å². The molecule has 0 bridgehead atoms. The number of carbonyl (C=O) groups is 2. The quantitative estimate of drug-likeness (QED) is 0.305. The molecule has 0 atom stereocenters. The number of amides is 2. The number of rotatable bonds is 8. The van der Waals surface area contributed by atoms with Crippen LogP contribution >= 0.6 is 23.2 Å². The lowest BCUT2D eigenvalue weighted by molar-refractivity contribution is -0.120. The van der Waals surface area contributed by atoms with Gasteiger partial charge in [0.2, 0.25) is 0 Å². The molecule has 0 fully saturated rings. The lowest BCUT2D eigenvalue weighted by atomic mass is 10.2. The maximum absolute atomic E-state index is 12.0. The first-order valence-corrected chi connectivity index (χ1v) is 9.96. The molecule has 0 aliphatic heterocycles. The zero-order chi connectivity index (χ0) is 22.1. The van der Waals surface area contributed by atoms with E-state index in [1.807, 2.05) is 30.3 Å². The van der Waals surface area contributed by atoms with Crippen LogP contribution in [0.3, 0.4) is 0 Å². The van der Waals surface area contributed by atoms with E-state index < -0.39 is 11.8 Å². The first kappa shape index (κ1) is 22.3. The highest BCUT2D eigenvalue weighted by atomic mass is 35.5. The second-order valence-corrected chi connectivity index (χ2v) is 7.00. The molecule has 0 saturated carbocycles. The maximum atomic E-state index is 12.0. The summed E-state index contributed by atoms with van der Waals surface area (Å²) in [7, 11) is 0. The summed E-state index contributed by atoms with van der Waals surface area (Å²) in [5.41, 5.74) is 4.06. The number of hydrazone groups is 1. The minimum absolute atomic E-state index is 0.0619. The lowest BCUT2D eigenvalue weighted by Gasteiger charge is -2.10. The molecule has 0 radical (unpaired) electrons. The summed E-state index contributed by atoms with van der Waals surface area (Å²) in [6.45, 7) is 0.0197. The topological polar surface area (TPSA) is 92.7 Å². The molecule has 31 heavy (non-hydrogen) atoms. The van der Waals surface area contributed by atoms with Gasteiger partial charge in [0.1, 0.15) is 17.5 Å². The molecule has 0 spiro atoms. The number of ether oxygens (including phenoxy) is 1. The molecule has 0 unspecified atom stereocenters. The number of para-hydroxylation sites is 1. The Balaban J connectivity index is 1.52. The minimum Gasteiger partial charge on any atom is -0.488 e. The first-order valence-electron chi connectivity index (χ1n) is 9.20. The zero-order valence-electron chi connectivity index (χ0n) is 16.2. The van der Waals surface area contributed by atoms with Gasteiger partial charge in [0.15, 0.2) is 0 Å². The molecule has 2 aromatic carbocycles. The Hall–Kier alpha value is -3.42. The zero-order valence-corrected chi connectivity index (χ0v) is 17.7. The predicted molar refractivity (Wildman–Crippen MR) is 120 cm³/mol. The standard InChI is InChI=1S/C22H18Cl2N4O3/c23-18-9-3-1-7-16(18)14-31-19-10-4-2-6-15(19)12-27-28-20(29)13-26-22(30)17-8-5-11-25-21(17)24/h1-12H,13-14H2,(H,26,30)(H,28,29)/b27-12+. The van der Waals surface area contributed by atoms with Gasteiger partial charge < -0.3 is 10.1 Å². The van der Waals surface area contributed by atoms with Crippen molar-refractivity contribution in [3.05, 3.63) is 93.7 Å². The van der Waals surface area contributed by atoms with Crippen molar-refractivity contribution in [1.29, 1.82) is 0 Å². The first-order chi connectivity index (χ1) is 15.0. The number of hydrogen-bond acceptors (Lipinski definition) is 5. The van der Waals surface area contributed by atoms with Crippen molar-refractivity contribution in [2.45, 2.75) is 6.61 Å². The number of nitrogens with one attached hydrogen (secondary N) is 2. The number of pyridine rings is 1. The van der Waals surface area contributed by atoms with Gasteiger partial charge in [0.05, 0.1) is 18.3 Å². The van der Waals surface area contributed by atoms with Crippen LogP contribution in [-0.4, -0.2) is 29.6 Å². The summed E-state index contributed by atoms with van der Waals surface area (Å²) >= 11 is 12.0. The van der Waals surface area contributed by atoms with Gasteiger partial charge in [-0.3, -0.25) is 9.59 Å². The Kier molecular flexibility index (Phi) is 7.98. The van der Waals surface area contributed by atoms with Gasteiger partial charge in [-0.05, 0) is 30.3 Å². The lowest BCUT2D eigenvalue weighted by Crippen LogP contribution is -2.35. The second kappa shape index (κ2) is 11.1. The fraction of sp³-hybridized carbons (Fsp3) is 0.0909. The van der Waals surface area contributed by atoms with Gasteiger partial charge in [0, 0.05) is 22.3 Å². The highest BCUT2D eigenvalue weighted by Gasteiger charge is 2.11. The van der Waals surface area contributed by atoms with E-state index in [2.05, 4.69) is 20.8 Å². The van der Waals surface area contributed by atoms with Crippen molar-refractivity contribution in [3.63, 3.8) is 0 Å². The molecule has 1 aromatic heterocycles. The Bertz CT molecular complexity index is 1110. The Morgan fingerprint density at radius 3 is 2.61 bits per heavy atom. The van der Waals surface area contributed by atoms with Crippen LogP contribution in [0.15, 0.2) is 72.0 Å². The van der Waals surface area contributed by atoms with Crippen LogP contribution in [0.25, 0.3) is 0 Å². The summed E-state index contributed by atoms with van der Waals surface area (Å²) in [6, 6.07) is 17.7. The minimum atomic E-state index is -0.504. The van der Waals surface area contributed by atoms with Crippen LogP contribution in [0.5, 0.6) is 5.75 Å².